The molecule has 1 fully saturated rings. The topological polar surface area (TPSA) is 63.5 Å². The summed E-state index contributed by atoms with van der Waals surface area (Å²) >= 11 is 3.14. The second kappa shape index (κ2) is 6.06. The van der Waals surface area contributed by atoms with Crippen molar-refractivity contribution in [2.24, 2.45) is 5.92 Å². The highest BCUT2D eigenvalue weighted by Gasteiger charge is 2.29. The number of rotatable bonds is 5. The maximum Gasteiger partial charge on any atom is 0.284 e. The molecular formula is C14H13BrN2O3. The van der Waals surface area contributed by atoms with Gasteiger partial charge in [-0.1, -0.05) is 12.0 Å². The lowest BCUT2D eigenvalue weighted by molar-refractivity contribution is -0.385. The zero-order valence-corrected chi connectivity index (χ0v) is 12.3. The molecule has 1 aromatic rings. The molecule has 1 aliphatic carbocycles. The predicted octanol–water partition coefficient (Wildman–Crippen LogP) is 2.84. The summed E-state index contributed by atoms with van der Waals surface area (Å²) in [6.45, 7) is 0.822. The molecule has 1 amide bonds. The minimum atomic E-state index is -0.521. The van der Waals surface area contributed by atoms with E-state index in [1.807, 2.05) is 0 Å². The van der Waals surface area contributed by atoms with Crippen molar-refractivity contribution in [1.29, 1.82) is 0 Å². The Morgan fingerprint density at radius 2 is 2.25 bits per heavy atom. The van der Waals surface area contributed by atoms with Crippen LogP contribution in [0, 0.1) is 28.4 Å². The minimum absolute atomic E-state index is 0.122. The number of amides is 1. The van der Waals surface area contributed by atoms with Crippen molar-refractivity contribution in [3.05, 3.63) is 38.3 Å². The third-order valence-electron chi connectivity index (χ3n) is 3.15. The van der Waals surface area contributed by atoms with Gasteiger partial charge in [-0.25, -0.2) is 0 Å². The van der Waals surface area contributed by atoms with Gasteiger partial charge in [0.05, 0.1) is 17.0 Å². The summed E-state index contributed by atoms with van der Waals surface area (Å²) in [6.07, 6.45) is 7.50. The number of benzene rings is 1. The lowest BCUT2D eigenvalue weighted by atomic mass is 10.1. The summed E-state index contributed by atoms with van der Waals surface area (Å²) < 4.78 is 0.202. The lowest BCUT2D eigenvalue weighted by Crippen LogP contribution is -2.33. The second-order valence-corrected chi connectivity index (χ2v) is 5.52. The van der Waals surface area contributed by atoms with E-state index in [0.29, 0.717) is 12.5 Å². The van der Waals surface area contributed by atoms with Gasteiger partial charge in [0.1, 0.15) is 4.47 Å². The number of terminal acetylenes is 1. The molecule has 1 saturated carbocycles. The van der Waals surface area contributed by atoms with Gasteiger partial charge < -0.3 is 4.90 Å². The normalized spacial score (nSPS) is 13.6. The summed E-state index contributed by atoms with van der Waals surface area (Å²) in [4.78, 5) is 24.4. The van der Waals surface area contributed by atoms with Gasteiger partial charge in [0.15, 0.2) is 0 Å². The van der Waals surface area contributed by atoms with Crippen molar-refractivity contribution in [1.82, 2.24) is 4.90 Å². The van der Waals surface area contributed by atoms with Gasteiger partial charge in [0.2, 0.25) is 0 Å². The number of hydrogen-bond acceptors (Lipinski definition) is 3. The van der Waals surface area contributed by atoms with Gasteiger partial charge in [-0.2, -0.15) is 0 Å². The first-order valence-corrected chi connectivity index (χ1v) is 6.99. The minimum Gasteiger partial charge on any atom is -0.327 e. The van der Waals surface area contributed by atoms with Crippen molar-refractivity contribution in [3.8, 4) is 12.3 Å². The van der Waals surface area contributed by atoms with Crippen LogP contribution < -0.4 is 0 Å². The second-order valence-electron chi connectivity index (χ2n) is 4.73. The van der Waals surface area contributed by atoms with Crippen LogP contribution in [0.15, 0.2) is 22.7 Å². The summed E-state index contributed by atoms with van der Waals surface area (Å²) in [7, 11) is 0. The van der Waals surface area contributed by atoms with E-state index in [1.165, 1.54) is 12.1 Å². The van der Waals surface area contributed by atoms with Crippen LogP contribution in [0.5, 0.6) is 0 Å². The number of halogens is 1. The van der Waals surface area contributed by atoms with Crippen molar-refractivity contribution < 1.29 is 9.72 Å². The van der Waals surface area contributed by atoms with Gasteiger partial charge in [-0.15, -0.1) is 6.42 Å². The summed E-state index contributed by atoms with van der Waals surface area (Å²) in [5.41, 5.74) is 0.151. The van der Waals surface area contributed by atoms with Crippen LogP contribution in [-0.4, -0.2) is 28.8 Å². The molecule has 2 rings (SSSR count). The smallest absolute Gasteiger partial charge is 0.284 e. The molecule has 0 aromatic heterocycles. The highest BCUT2D eigenvalue weighted by Crippen LogP contribution is 2.32. The molecule has 0 bridgehead atoms. The summed E-state index contributed by atoms with van der Waals surface area (Å²) in [6, 6.07) is 4.42. The van der Waals surface area contributed by atoms with Crippen LogP contribution in [0.2, 0.25) is 0 Å². The first-order chi connectivity index (χ1) is 9.54. The fourth-order valence-corrected chi connectivity index (χ4v) is 2.52. The number of nitrogens with zero attached hydrogens (tertiary/aromatic N) is 2. The monoisotopic (exact) mass is 336 g/mol. The van der Waals surface area contributed by atoms with Crippen LogP contribution in [0.3, 0.4) is 0 Å². The standard InChI is InChI=1S/C14H13BrN2O3/c1-2-8-16(9-10-6-7-10)14(18)11-4-3-5-12(13(11)15)17(19)20/h1,3-5,10H,6-9H2. The van der Waals surface area contributed by atoms with Crippen LogP contribution in [-0.2, 0) is 0 Å². The summed E-state index contributed by atoms with van der Waals surface area (Å²) in [5.74, 6) is 2.70. The van der Waals surface area contributed by atoms with E-state index in [9.17, 15) is 14.9 Å². The Bertz CT molecular complexity index is 591. The Balaban J connectivity index is 2.28. The molecule has 0 aliphatic heterocycles. The van der Waals surface area contributed by atoms with Crippen LogP contribution in [0.1, 0.15) is 23.2 Å². The molecule has 0 spiro atoms. The third-order valence-corrected chi connectivity index (χ3v) is 3.98. The van der Waals surface area contributed by atoms with Crippen molar-refractivity contribution in [2.45, 2.75) is 12.8 Å². The number of nitro benzene ring substituents is 1. The largest absolute Gasteiger partial charge is 0.327 e. The molecule has 0 radical (unpaired) electrons. The molecule has 0 heterocycles. The van der Waals surface area contributed by atoms with E-state index < -0.39 is 4.92 Å². The van der Waals surface area contributed by atoms with E-state index in [2.05, 4.69) is 21.9 Å². The zero-order chi connectivity index (χ0) is 14.7. The molecule has 5 nitrogen and oxygen atoms in total. The molecule has 6 heteroatoms. The van der Waals surface area contributed by atoms with E-state index >= 15 is 0 Å². The van der Waals surface area contributed by atoms with E-state index in [1.54, 1.807) is 11.0 Å². The van der Waals surface area contributed by atoms with Crippen molar-refractivity contribution in [3.63, 3.8) is 0 Å². The highest BCUT2D eigenvalue weighted by molar-refractivity contribution is 9.10. The lowest BCUT2D eigenvalue weighted by Gasteiger charge is -2.20. The molecule has 1 aromatic carbocycles. The highest BCUT2D eigenvalue weighted by atomic mass is 79.9. The fourth-order valence-electron chi connectivity index (χ4n) is 1.94. The maximum absolute atomic E-state index is 12.5. The van der Waals surface area contributed by atoms with Crippen molar-refractivity contribution in [2.75, 3.05) is 13.1 Å². The molecule has 0 unspecified atom stereocenters. The quantitative estimate of drug-likeness (QED) is 0.471. The fraction of sp³-hybridized carbons (Fsp3) is 0.357. The average Bonchev–Trinajstić information content (AvgIpc) is 3.21. The van der Waals surface area contributed by atoms with E-state index in [0.717, 1.165) is 12.8 Å². The SMILES string of the molecule is C#CCN(CC1CC1)C(=O)c1cccc([N+](=O)[O-])c1Br. The van der Waals surface area contributed by atoms with Gasteiger partial charge in [0, 0.05) is 12.6 Å². The number of carbonyl (C=O) groups excluding carboxylic acids is 1. The van der Waals surface area contributed by atoms with Crippen LogP contribution in [0.25, 0.3) is 0 Å². The first-order valence-electron chi connectivity index (χ1n) is 6.20. The Hall–Kier alpha value is -1.87. The van der Waals surface area contributed by atoms with E-state index in [-0.39, 0.29) is 28.2 Å². The summed E-state index contributed by atoms with van der Waals surface area (Å²) in [5, 5.41) is 10.9. The predicted molar refractivity (Wildman–Crippen MR) is 78.3 cm³/mol. The Labute approximate surface area is 125 Å². The molecular weight excluding hydrogens is 324 g/mol. The van der Waals surface area contributed by atoms with E-state index in [4.69, 9.17) is 6.42 Å². The molecule has 20 heavy (non-hydrogen) atoms. The Morgan fingerprint density at radius 3 is 2.80 bits per heavy atom. The van der Waals surface area contributed by atoms with Gasteiger partial charge in [0.25, 0.3) is 11.6 Å². The number of nitro groups is 1. The molecule has 0 N–H and O–H groups in total. The van der Waals surface area contributed by atoms with Gasteiger partial charge in [-0.05, 0) is 40.8 Å². The Morgan fingerprint density at radius 1 is 1.55 bits per heavy atom. The molecule has 0 saturated heterocycles. The van der Waals surface area contributed by atoms with Crippen LogP contribution >= 0.6 is 15.9 Å². The van der Waals surface area contributed by atoms with Gasteiger partial charge >= 0.3 is 0 Å². The molecule has 104 valence electrons. The number of hydrogen-bond donors (Lipinski definition) is 0. The zero-order valence-electron chi connectivity index (χ0n) is 10.7. The molecule has 1 aliphatic rings. The maximum atomic E-state index is 12.5. The number of carbonyl (C=O) groups is 1. The Kier molecular flexibility index (Phi) is 4.40. The average molecular weight is 337 g/mol. The first kappa shape index (κ1) is 14.5. The molecule has 0 atom stereocenters. The third kappa shape index (κ3) is 3.17. The van der Waals surface area contributed by atoms with Gasteiger partial charge in [-0.3, -0.25) is 14.9 Å². The van der Waals surface area contributed by atoms with Crippen molar-refractivity contribution >= 4 is 27.5 Å². The van der Waals surface area contributed by atoms with Crippen LogP contribution in [0.4, 0.5) is 5.69 Å².